The van der Waals surface area contributed by atoms with Crippen molar-refractivity contribution in [1.82, 2.24) is 9.78 Å². The minimum absolute atomic E-state index is 0.0480. The van der Waals surface area contributed by atoms with Crippen molar-refractivity contribution in [2.24, 2.45) is 0 Å². The van der Waals surface area contributed by atoms with E-state index in [1.54, 1.807) is 19.9 Å². The number of aromatic nitrogens is 2. The monoisotopic (exact) mass is 340 g/mol. The Morgan fingerprint density at radius 2 is 2.12 bits per heavy atom. The topological polar surface area (TPSA) is 99.3 Å². The number of nitrogens with zero attached hydrogens (tertiary/aromatic N) is 3. The largest absolute Gasteiger partial charge is 0.433 e. The van der Waals surface area contributed by atoms with Crippen LogP contribution in [0.3, 0.4) is 0 Å². The Kier molecular flexibility index (Phi) is 5.07. The number of carbonyl (C=O) groups is 1. The average Bonchev–Trinajstić information content (AvgIpc) is 2.82. The van der Waals surface area contributed by atoms with Crippen LogP contribution in [0.2, 0.25) is 0 Å². The van der Waals surface area contributed by atoms with Gasteiger partial charge in [0, 0.05) is 0 Å². The van der Waals surface area contributed by atoms with Crippen molar-refractivity contribution < 1.29 is 23.2 Å². The van der Waals surface area contributed by atoms with Gasteiger partial charge in [0.15, 0.2) is 6.54 Å². The summed E-state index contributed by atoms with van der Waals surface area (Å²) in [6.07, 6.45) is 0. The molecule has 0 saturated carbocycles. The van der Waals surface area contributed by atoms with Crippen molar-refractivity contribution in [1.29, 1.82) is 0 Å². The van der Waals surface area contributed by atoms with E-state index in [0.717, 1.165) is 4.68 Å². The first kappa shape index (κ1) is 17.3. The smallest absolute Gasteiger partial charge is 0.387 e. The van der Waals surface area contributed by atoms with Gasteiger partial charge in [0.05, 0.1) is 17.4 Å². The van der Waals surface area contributed by atoms with Crippen LogP contribution in [-0.2, 0) is 11.3 Å². The molecule has 1 amide bonds. The molecule has 0 aliphatic heterocycles. The van der Waals surface area contributed by atoms with Crippen molar-refractivity contribution in [3.63, 3.8) is 0 Å². The summed E-state index contributed by atoms with van der Waals surface area (Å²) in [5.74, 6) is -1.20. The first-order chi connectivity index (χ1) is 11.3. The second-order valence-corrected chi connectivity index (χ2v) is 4.98. The van der Waals surface area contributed by atoms with E-state index >= 15 is 0 Å². The molecule has 0 bridgehead atoms. The molecule has 8 nitrogen and oxygen atoms in total. The predicted molar refractivity (Wildman–Crippen MR) is 80.1 cm³/mol. The van der Waals surface area contributed by atoms with E-state index in [1.807, 2.05) is 0 Å². The van der Waals surface area contributed by atoms with Crippen LogP contribution in [0.4, 0.5) is 20.3 Å². The molecule has 0 atom stereocenters. The van der Waals surface area contributed by atoms with Gasteiger partial charge in [-0.3, -0.25) is 4.79 Å². The summed E-state index contributed by atoms with van der Waals surface area (Å²) in [5, 5.41) is 17.2. The van der Waals surface area contributed by atoms with E-state index in [-0.39, 0.29) is 17.3 Å². The first-order valence-corrected chi connectivity index (χ1v) is 6.80. The standard InChI is InChI=1S/C14H14F2N4O4/c1-8-3-4-11(24-14(15)16)10(5-8)17-12(21)7-19-13(20(22)23)6-9(2)18-19/h3-6,14H,7H2,1-2H3,(H,17,21). The number of hydrogen-bond donors (Lipinski definition) is 1. The average molecular weight is 340 g/mol. The Hall–Kier alpha value is -3.04. The summed E-state index contributed by atoms with van der Waals surface area (Å²) in [4.78, 5) is 22.3. The third-order valence-electron chi connectivity index (χ3n) is 2.99. The fourth-order valence-corrected chi connectivity index (χ4v) is 2.06. The molecule has 0 fully saturated rings. The van der Waals surface area contributed by atoms with Gasteiger partial charge in [0.1, 0.15) is 5.75 Å². The van der Waals surface area contributed by atoms with Gasteiger partial charge >= 0.3 is 12.4 Å². The lowest BCUT2D eigenvalue weighted by Gasteiger charge is -2.12. The fourth-order valence-electron chi connectivity index (χ4n) is 2.06. The number of hydrogen-bond acceptors (Lipinski definition) is 5. The Morgan fingerprint density at radius 3 is 2.75 bits per heavy atom. The first-order valence-electron chi connectivity index (χ1n) is 6.80. The van der Waals surface area contributed by atoms with E-state index in [9.17, 15) is 23.7 Å². The summed E-state index contributed by atoms with van der Waals surface area (Å²) >= 11 is 0. The molecule has 24 heavy (non-hydrogen) atoms. The molecule has 1 N–H and O–H groups in total. The molecular formula is C14H14F2N4O4. The van der Waals surface area contributed by atoms with Gasteiger partial charge in [-0.25, -0.2) is 0 Å². The normalized spacial score (nSPS) is 10.7. The molecule has 0 aliphatic rings. The zero-order valence-electron chi connectivity index (χ0n) is 12.8. The summed E-state index contributed by atoms with van der Waals surface area (Å²) in [7, 11) is 0. The molecule has 0 aliphatic carbocycles. The van der Waals surface area contributed by atoms with Gasteiger partial charge in [0.2, 0.25) is 0 Å². The Balaban J connectivity index is 2.18. The van der Waals surface area contributed by atoms with Gasteiger partial charge < -0.3 is 20.2 Å². The van der Waals surface area contributed by atoms with Crippen LogP contribution in [0.15, 0.2) is 24.3 Å². The number of carbonyl (C=O) groups excluding carboxylic acids is 1. The molecular weight excluding hydrogens is 326 g/mol. The minimum Gasteiger partial charge on any atom is -0.433 e. The summed E-state index contributed by atoms with van der Waals surface area (Å²) in [5.41, 5.74) is 1.14. The number of amides is 1. The number of benzene rings is 1. The van der Waals surface area contributed by atoms with Gasteiger partial charge in [-0.1, -0.05) is 11.2 Å². The van der Waals surface area contributed by atoms with Gasteiger partial charge in [-0.2, -0.15) is 8.78 Å². The van der Waals surface area contributed by atoms with E-state index in [0.29, 0.717) is 11.3 Å². The van der Waals surface area contributed by atoms with Crippen LogP contribution in [-0.4, -0.2) is 27.2 Å². The van der Waals surface area contributed by atoms with Gasteiger partial charge in [-0.15, -0.1) is 4.68 Å². The van der Waals surface area contributed by atoms with Crippen LogP contribution < -0.4 is 10.1 Å². The summed E-state index contributed by atoms with van der Waals surface area (Å²) in [6, 6.07) is 5.54. The van der Waals surface area contributed by atoms with Crippen LogP contribution >= 0.6 is 0 Å². The van der Waals surface area contributed by atoms with Crippen LogP contribution in [0.1, 0.15) is 11.3 Å². The Labute approximate surface area is 135 Å². The highest BCUT2D eigenvalue weighted by atomic mass is 19.3. The van der Waals surface area contributed by atoms with Crippen molar-refractivity contribution in [2.75, 3.05) is 5.32 Å². The van der Waals surface area contributed by atoms with E-state index in [2.05, 4.69) is 15.2 Å². The lowest BCUT2D eigenvalue weighted by molar-refractivity contribution is -0.392. The molecule has 0 saturated heterocycles. The third kappa shape index (κ3) is 4.24. The summed E-state index contributed by atoms with van der Waals surface area (Å²) < 4.78 is 30.1. The molecule has 1 heterocycles. The number of aryl methyl sites for hydroxylation is 2. The number of rotatable bonds is 6. The number of nitro groups is 1. The third-order valence-corrected chi connectivity index (χ3v) is 2.99. The van der Waals surface area contributed by atoms with Crippen molar-refractivity contribution in [2.45, 2.75) is 27.0 Å². The maximum atomic E-state index is 12.4. The number of anilines is 1. The van der Waals surface area contributed by atoms with Gasteiger partial charge in [-0.05, 0) is 36.5 Å². The highest BCUT2D eigenvalue weighted by molar-refractivity contribution is 5.92. The second kappa shape index (κ2) is 7.02. The lowest BCUT2D eigenvalue weighted by Crippen LogP contribution is -2.21. The number of halogens is 2. The molecule has 0 spiro atoms. The number of nitrogens with one attached hydrogen (secondary N) is 1. The van der Waals surface area contributed by atoms with E-state index in [1.165, 1.54) is 18.2 Å². The highest BCUT2D eigenvalue weighted by Gasteiger charge is 2.20. The van der Waals surface area contributed by atoms with Crippen molar-refractivity contribution >= 4 is 17.4 Å². The molecule has 1 aromatic heterocycles. The Bertz CT molecular complexity index is 776. The SMILES string of the molecule is Cc1ccc(OC(F)F)c(NC(=O)Cn2nc(C)cc2[N+](=O)[O-])c1. The summed E-state index contributed by atoms with van der Waals surface area (Å²) in [6.45, 7) is -0.218. The quantitative estimate of drug-likeness (QED) is 0.644. The zero-order chi connectivity index (χ0) is 17.9. The minimum atomic E-state index is -3.04. The molecule has 1 aromatic carbocycles. The molecule has 128 valence electrons. The van der Waals surface area contributed by atoms with Crippen LogP contribution in [0.5, 0.6) is 5.75 Å². The molecule has 10 heteroatoms. The number of ether oxygens (including phenoxy) is 1. The maximum Gasteiger partial charge on any atom is 0.387 e. The Morgan fingerprint density at radius 1 is 1.42 bits per heavy atom. The highest BCUT2D eigenvalue weighted by Crippen LogP contribution is 2.27. The van der Waals surface area contributed by atoms with Crippen molar-refractivity contribution in [3.8, 4) is 5.75 Å². The van der Waals surface area contributed by atoms with E-state index in [4.69, 9.17) is 0 Å². The molecule has 0 radical (unpaired) electrons. The van der Waals surface area contributed by atoms with Crippen molar-refractivity contribution in [3.05, 3.63) is 45.6 Å². The molecule has 2 aromatic rings. The lowest BCUT2D eigenvalue weighted by atomic mass is 10.2. The van der Waals surface area contributed by atoms with Crippen LogP contribution in [0, 0.1) is 24.0 Å². The van der Waals surface area contributed by atoms with Gasteiger partial charge in [0.25, 0.3) is 5.91 Å². The fraction of sp³-hybridized carbons (Fsp3) is 0.286. The van der Waals surface area contributed by atoms with Crippen LogP contribution in [0.25, 0.3) is 0 Å². The molecule has 2 rings (SSSR count). The zero-order valence-corrected chi connectivity index (χ0v) is 12.8. The second-order valence-electron chi connectivity index (χ2n) is 4.98. The predicted octanol–water partition coefficient (Wildman–Crippen LogP) is 2.65. The molecule has 0 unspecified atom stereocenters. The van der Waals surface area contributed by atoms with E-state index < -0.39 is 24.0 Å². The number of alkyl halides is 2. The maximum absolute atomic E-state index is 12.4.